The normalized spacial score (nSPS) is 9.11. The molecular formula is C12H19N3O4. The van der Waals surface area contributed by atoms with Gasteiger partial charge in [0.2, 0.25) is 0 Å². The molecule has 1 aromatic rings. The summed E-state index contributed by atoms with van der Waals surface area (Å²) in [5.41, 5.74) is 7.72. The third kappa shape index (κ3) is 12.1. The van der Waals surface area contributed by atoms with Crippen LogP contribution in [0.15, 0.2) is 30.3 Å². The fraction of sp³-hybridized carbons (Fsp3) is 0.417. The lowest BCUT2D eigenvalue weighted by Gasteiger charge is -1.93. The molecule has 0 atom stereocenters. The molecule has 0 unspecified atom stereocenters. The van der Waals surface area contributed by atoms with Crippen LogP contribution >= 0.6 is 0 Å². The predicted molar refractivity (Wildman–Crippen MR) is 72.2 cm³/mol. The SMILES string of the molecule is NCCCCCC(=O)O.O=[N+]([O-])Nc1ccccc1. The van der Waals surface area contributed by atoms with Crippen LogP contribution < -0.4 is 11.2 Å². The molecular weight excluding hydrogens is 250 g/mol. The molecule has 0 aliphatic heterocycles. The summed E-state index contributed by atoms with van der Waals surface area (Å²) in [4.78, 5) is 19.8. The van der Waals surface area contributed by atoms with Crippen LogP contribution in [0.4, 0.5) is 5.69 Å². The Hall–Kier alpha value is -2.15. The fourth-order valence-electron chi connectivity index (χ4n) is 1.22. The number of carbonyl (C=O) groups is 1. The van der Waals surface area contributed by atoms with E-state index >= 15 is 0 Å². The molecule has 1 rings (SSSR count). The predicted octanol–water partition coefficient (Wildman–Crippen LogP) is 1.88. The lowest BCUT2D eigenvalue weighted by molar-refractivity contribution is -0.445. The Kier molecular flexibility index (Phi) is 9.73. The number of aliphatic carboxylic acids is 1. The molecule has 0 aromatic heterocycles. The Labute approximate surface area is 111 Å². The summed E-state index contributed by atoms with van der Waals surface area (Å²) in [7, 11) is 0. The van der Waals surface area contributed by atoms with Crippen LogP contribution in [0.5, 0.6) is 0 Å². The molecule has 0 saturated heterocycles. The molecule has 0 radical (unpaired) electrons. The van der Waals surface area contributed by atoms with Crippen molar-refractivity contribution < 1.29 is 14.9 Å². The molecule has 0 fully saturated rings. The van der Waals surface area contributed by atoms with Gasteiger partial charge in [-0.25, -0.2) is 10.1 Å². The summed E-state index contributed by atoms with van der Waals surface area (Å²) in [6.45, 7) is 0.666. The van der Waals surface area contributed by atoms with Crippen LogP contribution in [0, 0.1) is 10.1 Å². The second-order valence-corrected chi connectivity index (χ2v) is 3.73. The molecule has 0 aliphatic carbocycles. The molecule has 0 saturated carbocycles. The Morgan fingerprint density at radius 3 is 2.37 bits per heavy atom. The molecule has 0 aliphatic rings. The smallest absolute Gasteiger partial charge is 0.303 e. The number of nitrogens with zero attached hydrogens (tertiary/aromatic N) is 1. The Morgan fingerprint density at radius 1 is 1.26 bits per heavy atom. The van der Waals surface area contributed by atoms with Crippen molar-refractivity contribution in [3.8, 4) is 0 Å². The number of nitro groups is 1. The van der Waals surface area contributed by atoms with E-state index in [4.69, 9.17) is 10.8 Å². The van der Waals surface area contributed by atoms with Gasteiger partial charge < -0.3 is 10.8 Å². The summed E-state index contributed by atoms with van der Waals surface area (Å²) < 4.78 is 0. The van der Waals surface area contributed by atoms with Gasteiger partial charge in [-0.1, -0.05) is 24.6 Å². The summed E-state index contributed by atoms with van der Waals surface area (Å²) in [5, 5.41) is 17.5. The quantitative estimate of drug-likeness (QED) is 0.395. The number of unbranched alkanes of at least 4 members (excludes halogenated alkanes) is 2. The van der Waals surface area contributed by atoms with Crippen LogP contribution in [0.3, 0.4) is 0 Å². The largest absolute Gasteiger partial charge is 0.481 e. The average molecular weight is 269 g/mol. The molecule has 7 heteroatoms. The third-order valence-corrected chi connectivity index (χ3v) is 2.09. The van der Waals surface area contributed by atoms with E-state index in [-0.39, 0.29) is 6.42 Å². The zero-order chi connectivity index (χ0) is 14.5. The highest BCUT2D eigenvalue weighted by Crippen LogP contribution is 2.03. The molecule has 106 valence electrons. The monoisotopic (exact) mass is 269 g/mol. The maximum absolute atomic E-state index is 9.93. The first-order valence-corrected chi connectivity index (χ1v) is 5.94. The van der Waals surface area contributed by atoms with Gasteiger partial charge in [-0.05, 0) is 31.5 Å². The van der Waals surface area contributed by atoms with Crippen LogP contribution in [0.2, 0.25) is 0 Å². The van der Waals surface area contributed by atoms with Gasteiger partial charge in [0, 0.05) is 6.42 Å². The van der Waals surface area contributed by atoms with Crippen molar-refractivity contribution in [2.75, 3.05) is 12.0 Å². The summed E-state index contributed by atoms with van der Waals surface area (Å²) in [6.07, 6.45) is 2.91. The fourth-order valence-corrected chi connectivity index (χ4v) is 1.22. The van der Waals surface area contributed by atoms with Gasteiger partial charge in [-0.15, -0.1) is 5.43 Å². The first kappa shape index (κ1) is 16.9. The molecule has 0 spiro atoms. The van der Waals surface area contributed by atoms with Crippen molar-refractivity contribution in [2.45, 2.75) is 25.7 Å². The number of carboxylic acids is 1. The van der Waals surface area contributed by atoms with E-state index in [9.17, 15) is 14.9 Å². The van der Waals surface area contributed by atoms with Crippen molar-refractivity contribution in [3.05, 3.63) is 40.4 Å². The van der Waals surface area contributed by atoms with Gasteiger partial charge in [0.05, 0.1) is 0 Å². The number of hydrazine groups is 1. The van der Waals surface area contributed by atoms with E-state index in [1.165, 1.54) is 0 Å². The minimum Gasteiger partial charge on any atom is -0.481 e. The number of carboxylic acid groups (broad SMARTS) is 1. The minimum atomic E-state index is -0.716. The number of hydrogen-bond acceptors (Lipinski definition) is 4. The van der Waals surface area contributed by atoms with Gasteiger partial charge in [-0.2, -0.15) is 0 Å². The number of para-hydroxylation sites is 1. The second-order valence-electron chi connectivity index (χ2n) is 3.73. The highest BCUT2D eigenvalue weighted by atomic mass is 16.7. The van der Waals surface area contributed by atoms with Gasteiger partial charge in [0.1, 0.15) is 5.69 Å². The van der Waals surface area contributed by atoms with Crippen LogP contribution in [-0.2, 0) is 4.79 Å². The van der Waals surface area contributed by atoms with E-state index in [0.29, 0.717) is 12.2 Å². The van der Waals surface area contributed by atoms with E-state index < -0.39 is 11.0 Å². The molecule has 7 nitrogen and oxygen atoms in total. The molecule has 0 amide bonds. The van der Waals surface area contributed by atoms with E-state index in [1.807, 2.05) is 5.43 Å². The number of nitrogens with one attached hydrogen (secondary N) is 1. The van der Waals surface area contributed by atoms with Crippen molar-refractivity contribution in [1.82, 2.24) is 0 Å². The van der Waals surface area contributed by atoms with Gasteiger partial charge in [-0.3, -0.25) is 4.79 Å². The van der Waals surface area contributed by atoms with Crippen molar-refractivity contribution in [2.24, 2.45) is 5.73 Å². The third-order valence-electron chi connectivity index (χ3n) is 2.09. The first-order valence-electron chi connectivity index (χ1n) is 5.94. The highest BCUT2D eigenvalue weighted by molar-refractivity contribution is 5.66. The highest BCUT2D eigenvalue weighted by Gasteiger charge is 1.94. The lowest BCUT2D eigenvalue weighted by Crippen LogP contribution is -2.06. The lowest BCUT2D eigenvalue weighted by atomic mass is 10.2. The van der Waals surface area contributed by atoms with E-state index in [0.717, 1.165) is 19.3 Å². The maximum Gasteiger partial charge on any atom is 0.303 e. The zero-order valence-electron chi connectivity index (χ0n) is 10.6. The molecule has 4 N–H and O–H groups in total. The van der Waals surface area contributed by atoms with Gasteiger partial charge in [0.25, 0.3) is 0 Å². The number of hydrogen-bond donors (Lipinski definition) is 3. The van der Waals surface area contributed by atoms with E-state index in [1.54, 1.807) is 30.3 Å². The number of anilines is 1. The van der Waals surface area contributed by atoms with Crippen LogP contribution in [0.1, 0.15) is 25.7 Å². The van der Waals surface area contributed by atoms with Crippen molar-refractivity contribution in [1.29, 1.82) is 0 Å². The number of rotatable bonds is 7. The first-order chi connectivity index (χ1) is 9.06. The Bertz CT molecular complexity index is 370. The second kappa shape index (κ2) is 11.0. The summed E-state index contributed by atoms with van der Waals surface area (Å²) >= 11 is 0. The molecule has 0 bridgehead atoms. The summed E-state index contributed by atoms with van der Waals surface area (Å²) in [6, 6.07) is 8.51. The number of benzene rings is 1. The van der Waals surface area contributed by atoms with Crippen molar-refractivity contribution >= 4 is 11.7 Å². The Balaban J connectivity index is 0.000000344. The zero-order valence-corrected chi connectivity index (χ0v) is 10.6. The van der Waals surface area contributed by atoms with Gasteiger partial charge >= 0.3 is 5.97 Å². The number of nitrogens with two attached hydrogens (primary N) is 1. The minimum absolute atomic E-state index is 0.278. The molecule has 0 heterocycles. The van der Waals surface area contributed by atoms with E-state index in [2.05, 4.69) is 0 Å². The van der Waals surface area contributed by atoms with Crippen LogP contribution in [0.25, 0.3) is 0 Å². The van der Waals surface area contributed by atoms with Crippen molar-refractivity contribution in [3.63, 3.8) is 0 Å². The van der Waals surface area contributed by atoms with Gasteiger partial charge in [0.15, 0.2) is 5.03 Å². The maximum atomic E-state index is 9.93. The molecule has 19 heavy (non-hydrogen) atoms. The summed E-state index contributed by atoms with van der Waals surface area (Å²) in [5.74, 6) is -0.716. The van der Waals surface area contributed by atoms with Crippen LogP contribution in [-0.4, -0.2) is 22.7 Å². The topological polar surface area (TPSA) is 118 Å². The Morgan fingerprint density at radius 2 is 1.89 bits per heavy atom. The standard InChI is InChI=1S/C6H6N2O2.C6H13NO2/c9-8(10)7-6-4-2-1-3-5-6;7-5-3-1-2-4-6(8)9/h1-5,7H;1-5,7H2,(H,8,9). The average Bonchev–Trinajstić information content (AvgIpc) is 2.36. The molecule has 1 aromatic carbocycles.